The minimum atomic E-state index is -1.21. The van der Waals surface area contributed by atoms with Crippen molar-refractivity contribution in [1.29, 1.82) is 0 Å². The van der Waals surface area contributed by atoms with Gasteiger partial charge in [0.1, 0.15) is 11.5 Å². The van der Waals surface area contributed by atoms with Crippen LogP contribution in [0.25, 0.3) is 0 Å². The van der Waals surface area contributed by atoms with Crippen LogP contribution in [0.15, 0.2) is 59.5 Å². The van der Waals surface area contributed by atoms with Crippen molar-refractivity contribution in [2.75, 3.05) is 71.1 Å². The number of piperidine rings is 1. The SMILES string of the molecule is NC(=O)C1(c2ccccc2C(=O)NCC2=CNN(CCOCCOCCOCCNc3cccc4c3C(=O)N(C3CCC(=O)NC3=O)C4=O)N2)C=NNC1. The molecule has 2 atom stereocenters. The Balaban J connectivity index is 0.801. The number of anilines is 1. The normalized spacial score (nSPS) is 20.6. The van der Waals surface area contributed by atoms with Gasteiger partial charge in [0.2, 0.25) is 17.7 Å². The highest BCUT2D eigenvalue weighted by Crippen LogP contribution is 2.32. The third-order valence-corrected chi connectivity index (χ3v) is 9.17. The molecule has 0 aromatic heterocycles. The molecular formula is C35H42N10O9. The van der Waals surface area contributed by atoms with Gasteiger partial charge in [-0.3, -0.25) is 39.0 Å². The van der Waals surface area contributed by atoms with E-state index >= 15 is 0 Å². The summed E-state index contributed by atoms with van der Waals surface area (Å²) in [6.45, 7) is 3.39. The zero-order chi connectivity index (χ0) is 38.1. The predicted octanol–water partition coefficient (Wildman–Crippen LogP) is -1.54. The predicted molar refractivity (Wildman–Crippen MR) is 191 cm³/mol. The molecule has 2 aromatic rings. The van der Waals surface area contributed by atoms with Crippen molar-refractivity contribution in [2.45, 2.75) is 24.3 Å². The summed E-state index contributed by atoms with van der Waals surface area (Å²) in [7, 11) is 0. The van der Waals surface area contributed by atoms with Gasteiger partial charge in [0.05, 0.1) is 76.1 Å². The van der Waals surface area contributed by atoms with E-state index in [9.17, 15) is 28.8 Å². The van der Waals surface area contributed by atoms with Crippen LogP contribution in [0.3, 0.4) is 0 Å². The average Bonchev–Trinajstić information content (AvgIpc) is 3.91. The summed E-state index contributed by atoms with van der Waals surface area (Å²) in [6, 6.07) is 10.7. The first kappa shape index (κ1) is 37.9. The third-order valence-electron chi connectivity index (χ3n) is 9.17. The lowest BCUT2D eigenvalue weighted by molar-refractivity contribution is -0.136. The Hall–Kier alpha value is -5.89. The molecule has 8 N–H and O–H groups in total. The van der Waals surface area contributed by atoms with Gasteiger partial charge in [-0.1, -0.05) is 24.3 Å². The largest absolute Gasteiger partial charge is 0.382 e. The fourth-order valence-electron chi connectivity index (χ4n) is 6.38. The number of nitrogens with one attached hydrogen (secondary N) is 6. The Morgan fingerprint density at radius 3 is 2.44 bits per heavy atom. The van der Waals surface area contributed by atoms with E-state index in [0.29, 0.717) is 69.5 Å². The van der Waals surface area contributed by atoms with Crippen LogP contribution in [-0.4, -0.2) is 124 Å². The average molecular weight is 747 g/mol. The number of hydrazone groups is 1. The van der Waals surface area contributed by atoms with Gasteiger partial charge >= 0.3 is 0 Å². The molecule has 0 bridgehead atoms. The van der Waals surface area contributed by atoms with Gasteiger partial charge in [0, 0.05) is 36.6 Å². The number of carbonyl (C=O) groups is 6. The highest BCUT2D eigenvalue weighted by atomic mass is 16.5. The molecule has 2 aromatic carbocycles. The van der Waals surface area contributed by atoms with E-state index in [2.05, 4.69) is 37.3 Å². The third kappa shape index (κ3) is 8.33. The molecule has 4 aliphatic heterocycles. The van der Waals surface area contributed by atoms with Crippen molar-refractivity contribution in [3.63, 3.8) is 0 Å². The lowest BCUT2D eigenvalue weighted by atomic mass is 9.78. The number of hydrazine groups is 2. The number of carbonyl (C=O) groups excluding carboxylic acids is 6. The van der Waals surface area contributed by atoms with Crippen LogP contribution in [0.2, 0.25) is 0 Å². The Kier molecular flexibility index (Phi) is 12.1. The standard InChI is InChI=1S/C35H42N10O9/c36-34(51)35(20-39-40-21-35)25-6-2-1-4-23(25)30(47)38-18-22-19-41-44(43-22)11-13-53-15-17-54-16-14-52-12-10-37-26-7-3-5-24-29(26)33(50)45(32(24)49)27-8-9-28(46)42-31(27)48/h1-7,19-20,27,37,40-41,43H,8-18,21H2,(H2,36,51)(H,38,47)(H,42,46,48). The van der Waals surface area contributed by atoms with Crippen LogP contribution < -0.4 is 38.0 Å². The van der Waals surface area contributed by atoms with E-state index in [0.717, 1.165) is 10.6 Å². The van der Waals surface area contributed by atoms with Crippen LogP contribution in [0.1, 0.15) is 49.5 Å². The van der Waals surface area contributed by atoms with Gasteiger partial charge < -0.3 is 46.9 Å². The number of rotatable bonds is 19. The molecule has 19 heteroatoms. The Morgan fingerprint density at radius 2 is 1.70 bits per heavy atom. The molecule has 54 heavy (non-hydrogen) atoms. The van der Waals surface area contributed by atoms with Crippen LogP contribution in [0, 0.1) is 0 Å². The first-order valence-corrected chi connectivity index (χ1v) is 17.5. The molecule has 286 valence electrons. The fourth-order valence-corrected chi connectivity index (χ4v) is 6.38. The second kappa shape index (κ2) is 17.3. The minimum Gasteiger partial charge on any atom is -0.382 e. The van der Waals surface area contributed by atoms with E-state index in [4.69, 9.17) is 19.9 Å². The topological polar surface area (TPSA) is 247 Å². The molecule has 4 aliphatic rings. The second-order valence-corrected chi connectivity index (χ2v) is 12.7. The van der Waals surface area contributed by atoms with Crippen molar-refractivity contribution in [1.82, 2.24) is 36.9 Å². The molecule has 0 aliphatic carbocycles. The summed E-state index contributed by atoms with van der Waals surface area (Å²) in [5.41, 5.74) is 15.8. The summed E-state index contributed by atoms with van der Waals surface area (Å²) in [5.74, 6) is -3.17. The maximum Gasteiger partial charge on any atom is 0.264 e. The molecule has 0 spiro atoms. The van der Waals surface area contributed by atoms with Crippen molar-refractivity contribution in [3.8, 4) is 0 Å². The van der Waals surface area contributed by atoms with Crippen LogP contribution in [0.5, 0.6) is 0 Å². The summed E-state index contributed by atoms with van der Waals surface area (Å²) in [4.78, 5) is 76.4. The molecular weight excluding hydrogens is 704 g/mol. The van der Waals surface area contributed by atoms with Crippen molar-refractivity contribution in [3.05, 3.63) is 76.6 Å². The van der Waals surface area contributed by atoms with Gasteiger partial charge in [0.15, 0.2) is 0 Å². The van der Waals surface area contributed by atoms with E-state index in [1.165, 1.54) is 6.21 Å². The molecule has 19 nitrogen and oxygen atoms in total. The zero-order valence-corrected chi connectivity index (χ0v) is 29.4. The number of fused-ring (bicyclic) bond motifs is 1. The monoisotopic (exact) mass is 746 g/mol. The van der Waals surface area contributed by atoms with E-state index in [-0.39, 0.29) is 43.0 Å². The highest BCUT2D eigenvalue weighted by molar-refractivity contribution is 6.25. The number of amides is 6. The van der Waals surface area contributed by atoms with Crippen molar-refractivity contribution >= 4 is 47.3 Å². The number of nitrogens with two attached hydrogens (primary N) is 1. The van der Waals surface area contributed by atoms with Crippen LogP contribution >= 0.6 is 0 Å². The number of hydrogen-bond donors (Lipinski definition) is 7. The molecule has 0 saturated carbocycles. The minimum absolute atomic E-state index is 0.0538. The second-order valence-electron chi connectivity index (χ2n) is 12.7. The zero-order valence-electron chi connectivity index (χ0n) is 29.4. The number of primary amides is 1. The fraction of sp³-hybridized carbons (Fsp3) is 0.400. The first-order chi connectivity index (χ1) is 26.2. The lowest BCUT2D eigenvalue weighted by Gasteiger charge is -2.27. The highest BCUT2D eigenvalue weighted by Gasteiger charge is 2.46. The van der Waals surface area contributed by atoms with E-state index in [1.54, 1.807) is 53.8 Å². The van der Waals surface area contributed by atoms with Crippen LogP contribution in [0.4, 0.5) is 5.69 Å². The number of hydrogen-bond acceptors (Lipinski definition) is 15. The van der Waals surface area contributed by atoms with E-state index < -0.39 is 41.0 Å². The van der Waals surface area contributed by atoms with Crippen molar-refractivity contribution in [2.24, 2.45) is 10.8 Å². The molecule has 2 unspecified atom stereocenters. The Labute approximate surface area is 309 Å². The smallest absolute Gasteiger partial charge is 0.264 e. The summed E-state index contributed by atoms with van der Waals surface area (Å²) >= 11 is 0. The molecule has 4 heterocycles. The molecule has 1 saturated heterocycles. The maximum atomic E-state index is 13.2. The first-order valence-electron chi connectivity index (χ1n) is 17.5. The molecule has 6 amide bonds. The Bertz CT molecular complexity index is 1850. The number of ether oxygens (including phenoxy) is 3. The van der Waals surface area contributed by atoms with Crippen molar-refractivity contribution < 1.29 is 43.0 Å². The molecule has 6 rings (SSSR count). The summed E-state index contributed by atoms with van der Waals surface area (Å²) in [6.07, 6.45) is 3.31. The van der Waals surface area contributed by atoms with Gasteiger partial charge in [-0.2, -0.15) is 5.10 Å². The van der Waals surface area contributed by atoms with E-state index in [1.807, 2.05) is 0 Å². The Morgan fingerprint density at radius 1 is 0.944 bits per heavy atom. The molecule has 1 fully saturated rings. The van der Waals surface area contributed by atoms with Gasteiger partial charge in [-0.25, -0.2) is 0 Å². The molecule has 0 radical (unpaired) electrons. The quantitative estimate of drug-likeness (QED) is 0.0636. The number of benzene rings is 2. The van der Waals surface area contributed by atoms with Crippen LogP contribution in [-0.2, 0) is 34.0 Å². The number of nitrogens with zero attached hydrogens (tertiary/aromatic N) is 3. The summed E-state index contributed by atoms with van der Waals surface area (Å²) < 4.78 is 16.8. The lowest BCUT2D eigenvalue weighted by Crippen LogP contribution is -2.54. The van der Waals surface area contributed by atoms with Gasteiger partial charge in [-0.05, 0) is 30.2 Å². The van der Waals surface area contributed by atoms with Gasteiger partial charge in [-0.15, -0.1) is 5.12 Å². The van der Waals surface area contributed by atoms with Gasteiger partial charge in [0.25, 0.3) is 17.7 Å². The maximum absolute atomic E-state index is 13.2. The summed E-state index contributed by atoms with van der Waals surface area (Å²) in [5, 5.41) is 13.9. The number of imide groups is 2.